The van der Waals surface area contributed by atoms with Crippen LogP contribution in [0.2, 0.25) is 0 Å². The Kier molecular flexibility index (Phi) is 2.23. The second-order valence-electron chi connectivity index (χ2n) is 2.89. The molecule has 0 unspecified atom stereocenters. The third-order valence-electron chi connectivity index (χ3n) is 1.67. The van der Waals surface area contributed by atoms with E-state index >= 15 is 0 Å². The van der Waals surface area contributed by atoms with Gasteiger partial charge in [0, 0.05) is 21.1 Å². The van der Waals surface area contributed by atoms with Crippen molar-refractivity contribution in [2.45, 2.75) is 6.18 Å². The Morgan fingerprint density at radius 3 is 2.23 bits per heavy atom. The van der Waals surface area contributed by atoms with Gasteiger partial charge in [0.1, 0.15) is 0 Å². The summed E-state index contributed by atoms with van der Waals surface area (Å²) < 4.78 is 38.1. The average Bonchev–Trinajstić information content (AvgIpc) is 2.28. The van der Waals surface area contributed by atoms with Crippen LogP contribution in [-0.2, 0) is 13.2 Å². The number of aryl methyl sites for hydroxylation is 1. The molecule has 1 aromatic rings. The molecule has 0 aromatic carbocycles. The molecule has 0 aliphatic rings. The van der Waals surface area contributed by atoms with Gasteiger partial charge in [0.2, 0.25) is 0 Å². The van der Waals surface area contributed by atoms with Gasteiger partial charge in [0.05, 0.1) is 11.9 Å². The summed E-state index contributed by atoms with van der Waals surface area (Å²) in [7, 11) is 4.37. The average molecular weight is 193 g/mol. The molecule has 13 heavy (non-hydrogen) atoms. The molecule has 1 heterocycles. The number of hydrogen-bond donors (Lipinski definition) is 0. The number of rotatable bonds is 1. The summed E-state index contributed by atoms with van der Waals surface area (Å²) >= 11 is 0. The molecule has 0 spiro atoms. The van der Waals surface area contributed by atoms with Gasteiger partial charge in [-0.05, 0) is 0 Å². The molecule has 0 saturated carbocycles. The lowest BCUT2D eigenvalue weighted by molar-refractivity contribution is -0.143. The Labute approximate surface area is 73.8 Å². The predicted molar refractivity (Wildman–Crippen MR) is 42.5 cm³/mol. The van der Waals surface area contributed by atoms with Gasteiger partial charge in [-0.25, -0.2) is 0 Å². The van der Waals surface area contributed by atoms with Gasteiger partial charge >= 0.3 is 6.18 Å². The van der Waals surface area contributed by atoms with E-state index in [1.165, 1.54) is 18.1 Å². The molecule has 0 atom stereocenters. The molecule has 74 valence electrons. The summed E-state index contributed by atoms with van der Waals surface area (Å²) in [5.74, 6) is 0. The van der Waals surface area contributed by atoms with Crippen molar-refractivity contribution in [3.63, 3.8) is 0 Å². The molecule has 0 aliphatic carbocycles. The van der Waals surface area contributed by atoms with Gasteiger partial charge in [-0.3, -0.25) is 4.68 Å². The number of alkyl halides is 3. The monoisotopic (exact) mass is 193 g/mol. The first-order valence-electron chi connectivity index (χ1n) is 3.60. The molecule has 1 aromatic heterocycles. The fourth-order valence-corrected chi connectivity index (χ4v) is 1.08. The smallest absolute Gasteiger partial charge is 0.375 e. The fourth-order valence-electron chi connectivity index (χ4n) is 1.08. The number of nitrogens with zero attached hydrogens (tertiary/aromatic N) is 3. The van der Waals surface area contributed by atoms with Crippen LogP contribution < -0.4 is 4.90 Å². The zero-order valence-electron chi connectivity index (χ0n) is 7.55. The van der Waals surface area contributed by atoms with Crippen molar-refractivity contribution in [3.8, 4) is 0 Å². The first kappa shape index (κ1) is 9.88. The first-order valence-corrected chi connectivity index (χ1v) is 3.60. The summed E-state index contributed by atoms with van der Waals surface area (Å²) in [5, 5.41) is 3.56. The van der Waals surface area contributed by atoms with Crippen LogP contribution in [0.15, 0.2) is 6.20 Å². The third-order valence-corrected chi connectivity index (χ3v) is 1.67. The number of halogens is 3. The van der Waals surface area contributed by atoms with Crippen LogP contribution in [0.3, 0.4) is 0 Å². The van der Waals surface area contributed by atoms with E-state index in [2.05, 4.69) is 5.10 Å². The standard InChI is InChI=1S/C7H10F3N3/c1-12(2)5-4-11-13(3)6(5)7(8,9)10/h4H,1-3H3. The van der Waals surface area contributed by atoms with E-state index in [0.29, 0.717) is 0 Å². The lowest BCUT2D eigenvalue weighted by atomic mass is 10.3. The van der Waals surface area contributed by atoms with Crippen LogP contribution in [0, 0.1) is 0 Å². The van der Waals surface area contributed by atoms with Crippen molar-refractivity contribution >= 4 is 5.69 Å². The van der Waals surface area contributed by atoms with Crippen LogP contribution in [0.25, 0.3) is 0 Å². The molecule has 3 nitrogen and oxygen atoms in total. The van der Waals surface area contributed by atoms with E-state index < -0.39 is 11.9 Å². The normalized spacial score (nSPS) is 11.8. The van der Waals surface area contributed by atoms with Crippen molar-refractivity contribution in [1.29, 1.82) is 0 Å². The minimum absolute atomic E-state index is 0.0787. The van der Waals surface area contributed by atoms with Crippen LogP contribution in [-0.4, -0.2) is 23.9 Å². The van der Waals surface area contributed by atoms with Crippen molar-refractivity contribution < 1.29 is 13.2 Å². The second kappa shape index (κ2) is 2.93. The highest BCUT2D eigenvalue weighted by Crippen LogP contribution is 2.35. The van der Waals surface area contributed by atoms with Crippen molar-refractivity contribution in [1.82, 2.24) is 9.78 Å². The number of anilines is 1. The minimum Gasteiger partial charge on any atom is -0.375 e. The lowest BCUT2D eigenvalue weighted by Crippen LogP contribution is -2.18. The number of hydrogen-bond acceptors (Lipinski definition) is 2. The summed E-state index contributed by atoms with van der Waals surface area (Å²) in [6.45, 7) is 0. The molecular formula is C7H10F3N3. The Balaban J connectivity index is 3.25. The van der Waals surface area contributed by atoms with Gasteiger partial charge in [0.15, 0.2) is 5.69 Å². The van der Waals surface area contributed by atoms with Crippen molar-refractivity contribution in [3.05, 3.63) is 11.9 Å². The molecular weight excluding hydrogens is 183 g/mol. The molecule has 0 N–H and O–H groups in total. The highest BCUT2D eigenvalue weighted by molar-refractivity contribution is 5.49. The topological polar surface area (TPSA) is 21.1 Å². The van der Waals surface area contributed by atoms with Crippen LogP contribution in [0.5, 0.6) is 0 Å². The van der Waals surface area contributed by atoms with Gasteiger partial charge in [0.25, 0.3) is 0 Å². The highest BCUT2D eigenvalue weighted by atomic mass is 19.4. The Morgan fingerprint density at radius 2 is 1.92 bits per heavy atom. The van der Waals surface area contributed by atoms with Gasteiger partial charge < -0.3 is 4.90 Å². The minimum atomic E-state index is -4.36. The van der Waals surface area contributed by atoms with E-state index in [-0.39, 0.29) is 5.69 Å². The predicted octanol–water partition coefficient (Wildman–Crippen LogP) is 1.50. The summed E-state index contributed by atoms with van der Waals surface area (Å²) in [6, 6.07) is 0. The van der Waals surface area contributed by atoms with E-state index in [9.17, 15) is 13.2 Å². The molecule has 6 heteroatoms. The van der Waals surface area contributed by atoms with E-state index in [1.54, 1.807) is 14.1 Å². The van der Waals surface area contributed by atoms with Crippen LogP contribution >= 0.6 is 0 Å². The van der Waals surface area contributed by atoms with Crippen molar-refractivity contribution in [2.75, 3.05) is 19.0 Å². The van der Waals surface area contributed by atoms with Crippen LogP contribution in [0.1, 0.15) is 5.69 Å². The molecule has 0 saturated heterocycles. The molecule has 0 fully saturated rings. The van der Waals surface area contributed by atoms with E-state index in [1.807, 2.05) is 0 Å². The maximum absolute atomic E-state index is 12.4. The highest BCUT2D eigenvalue weighted by Gasteiger charge is 2.37. The first-order chi connectivity index (χ1) is 5.84. The van der Waals surface area contributed by atoms with E-state index in [4.69, 9.17) is 0 Å². The molecule has 0 radical (unpaired) electrons. The summed E-state index contributed by atoms with van der Waals surface area (Å²) in [4.78, 5) is 1.38. The molecule has 1 rings (SSSR count). The maximum atomic E-state index is 12.4. The SMILES string of the molecule is CN(C)c1cnn(C)c1C(F)(F)F. The quantitative estimate of drug-likeness (QED) is 0.674. The zero-order chi connectivity index (χ0) is 10.2. The Hall–Kier alpha value is -1.20. The Bertz CT molecular complexity index is 300. The second-order valence-corrected chi connectivity index (χ2v) is 2.89. The summed E-state index contributed by atoms with van der Waals surface area (Å²) in [5.41, 5.74) is -0.646. The molecule has 0 amide bonds. The van der Waals surface area contributed by atoms with Gasteiger partial charge in [-0.2, -0.15) is 18.3 Å². The van der Waals surface area contributed by atoms with Crippen molar-refractivity contribution in [2.24, 2.45) is 7.05 Å². The largest absolute Gasteiger partial charge is 0.435 e. The fraction of sp³-hybridized carbons (Fsp3) is 0.571. The van der Waals surface area contributed by atoms with Gasteiger partial charge in [-0.15, -0.1) is 0 Å². The zero-order valence-corrected chi connectivity index (χ0v) is 7.55. The molecule has 0 bridgehead atoms. The maximum Gasteiger partial charge on any atom is 0.435 e. The number of aromatic nitrogens is 2. The lowest BCUT2D eigenvalue weighted by Gasteiger charge is -2.15. The summed E-state index contributed by atoms with van der Waals surface area (Å²) in [6.07, 6.45) is -3.16. The van der Waals surface area contributed by atoms with E-state index in [0.717, 1.165) is 4.68 Å². The van der Waals surface area contributed by atoms with Crippen LogP contribution in [0.4, 0.5) is 18.9 Å². The third kappa shape index (κ3) is 1.76. The Morgan fingerprint density at radius 1 is 1.38 bits per heavy atom. The molecule has 0 aliphatic heterocycles. The van der Waals surface area contributed by atoms with Gasteiger partial charge in [-0.1, -0.05) is 0 Å².